The van der Waals surface area contributed by atoms with Crippen LogP contribution in [0.25, 0.3) is 17.0 Å². The van der Waals surface area contributed by atoms with Crippen molar-refractivity contribution in [3.63, 3.8) is 0 Å². The van der Waals surface area contributed by atoms with Crippen LogP contribution >= 0.6 is 0 Å². The summed E-state index contributed by atoms with van der Waals surface area (Å²) in [6.07, 6.45) is 2.95. The maximum absolute atomic E-state index is 13.5. The van der Waals surface area contributed by atoms with Crippen molar-refractivity contribution < 1.29 is 23.0 Å². The smallest absolute Gasteiger partial charge is 0.421 e. The summed E-state index contributed by atoms with van der Waals surface area (Å²) in [5, 5.41) is 16.9. The molecule has 3 N–H and O–H groups in total. The summed E-state index contributed by atoms with van der Waals surface area (Å²) < 4.78 is 47.0. The zero-order valence-electron chi connectivity index (χ0n) is 19.1. The van der Waals surface area contributed by atoms with E-state index < -0.39 is 17.3 Å². The second-order valence-corrected chi connectivity index (χ2v) is 7.67. The molecule has 1 aliphatic heterocycles. The van der Waals surface area contributed by atoms with Gasteiger partial charge in [0.2, 0.25) is 0 Å². The number of aromatic nitrogens is 4. The van der Waals surface area contributed by atoms with Crippen molar-refractivity contribution >= 4 is 11.5 Å². The van der Waals surface area contributed by atoms with Gasteiger partial charge in [-0.1, -0.05) is 13.8 Å². The highest BCUT2D eigenvalue weighted by atomic mass is 19.4. The van der Waals surface area contributed by atoms with Crippen molar-refractivity contribution in [2.75, 3.05) is 25.5 Å². The number of hydrogen-bond acceptors (Lipinski definition) is 7. The number of ether oxygens (including phenoxy) is 1. The summed E-state index contributed by atoms with van der Waals surface area (Å²) in [6, 6.07) is 1.57. The Morgan fingerprint density at radius 2 is 2.00 bits per heavy atom. The van der Waals surface area contributed by atoms with Crippen molar-refractivity contribution in [2.45, 2.75) is 51.4 Å². The summed E-state index contributed by atoms with van der Waals surface area (Å²) >= 11 is 0. The minimum absolute atomic E-state index is 0.113. The van der Waals surface area contributed by atoms with E-state index in [9.17, 15) is 18.3 Å². The fourth-order valence-electron chi connectivity index (χ4n) is 3.63. The molecule has 4 heterocycles. The van der Waals surface area contributed by atoms with Crippen LogP contribution in [0.3, 0.4) is 0 Å². The number of fused-ring (bicyclic) bond motifs is 1. The molecule has 3 aromatic rings. The number of alkyl halides is 3. The molecule has 0 saturated carbocycles. The maximum atomic E-state index is 13.5. The second kappa shape index (κ2) is 9.92. The van der Waals surface area contributed by atoms with Crippen molar-refractivity contribution in [1.29, 1.82) is 0 Å². The Hall–Kier alpha value is -2.92. The van der Waals surface area contributed by atoms with Crippen LogP contribution in [0.4, 0.5) is 19.0 Å². The highest BCUT2D eigenvalue weighted by molar-refractivity contribution is 5.63. The molecular formula is C22H29F3N6O2. The summed E-state index contributed by atoms with van der Waals surface area (Å²) in [5.41, 5.74) is -2.31. The number of nitrogens with zero attached hydrogens (tertiary/aromatic N) is 4. The maximum Gasteiger partial charge on any atom is 0.421 e. The van der Waals surface area contributed by atoms with E-state index in [-0.39, 0.29) is 11.8 Å². The Morgan fingerprint density at radius 3 is 2.64 bits per heavy atom. The first kappa shape index (κ1) is 24.7. The van der Waals surface area contributed by atoms with E-state index in [0.29, 0.717) is 29.8 Å². The topological polar surface area (TPSA) is 96.6 Å². The Labute approximate surface area is 190 Å². The van der Waals surface area contributed by atoms with E-state index in [4.69, 9.17) is 4.74 Å². The van der Waals surface area contributed by atoms with E-state index >= 15 is 0 Å². The monoisotopic (exact) mass is 466 g/mol. The lowest BCUT2D eigenvalue weighted by Gasteiger charge is -2.28. The number of nitrogens with one attached hydrogen (secondary N) is 2. The third kappa shape index (κ3) is 5.03. The Kier molecular flexibility index (Phi) is 7.43. The quantitative estimate of drug-likeness (QED) is 0.527. The highest BCUT2D eigenvalue weighted by Crippen LogP contribution is 2.43. The normalized spacial score (nSPS) is 18.2. The number of halogens is 3. The van der Waals surface area contributed by atoms with Gasteiger partial charge in [0, 0.05) is 24.8 Å². The van der Waals surface area contributed by atoms with Gasteiger partial charge in [-0.2, -0.15) is 13.2 Å². The molecule has 180 valence electrons. The molecule has 0 bridgehead atoms. The lowest BCUT2D eigenvalue weighted by Crippen LogP contribution is -2.39. The van der Waals surface area contributed by atoms with Crippen LogP contribution in [0, 0.1) is 0 Å². The van der Waals surface area contributed by atoms with Crippen molar-refractivity contribution in [3.8, 4) is 17.1 Å². The molecule has 0 aromatic carbocycles. The molecule has 11 heteroatoms. The van der Waals surface area contributed by atoms with E-state index in [1.165, 1.54) is 36.2 Å². The first-order valence-corrected chi connectivity index (χ1v) is 10.8. The highest BCUT2D eigenvalue weighted by Gasteiger charge is 2.53. The number of hydrogen-bond donors (Lipinski definition) is 3. The summed E-state index contributed by atoms with van der Waals surface area (Å²) in [5.74, 6) is 0.454. The lowest BCUT2D eigenvalue weighted by molar-refractivity contribution is -0.259. The molecule has 1 saturated heterocycles. The number of imidazole rings is 1. The number of methoxy groups -OCH3 is 1. The molecule has 0 amide bonds. The largest absolute Gasteiger partial charge is 0.496 e. The predicted molar refractivity (Wildman–Crippen MR) is 119 cm³/mol. The molecule has 4 rings (SSSR count). The Balaban J connectivity index is 0.00000149. The van der Waals surface area contributed by atoms with Gasteiger partial charge in [0.25, 0.3) is 0 Å². The summed E-state index contributed by atoms with van der Waals surface area (Å²) in [4.78, 5) is 13.0. The molecule has 1 fully saturated rings. The van der Waals surface area contributed by atoms with Crippen molar-refractivity contribution in [2.24, 2.45) is 0 Å². The van der Waals surface area contributed by atoms with Crippen LogP contribution in [0.2, 0.25) is 0 Å². The van der Waals surface area contributed by atoms with Crippen LogP contribution in [-0.2, 0) is 5.60 Å². The average molecular weight is 467 g/mol. The van der Waals surface area contributed by atoms with Gasteiger partial charge in [0.05, 0.1) is 37.0 Å². The van der Waals surface area contributed by atoms with E-state index in [0.717, 1.165) is 25.9 Å². The molecule has 1 aliphatic rings. The number of piperidine rings is 1. The summed E-state index contributed by atoms with van der Waals surface area (Å²) in [7, 11) is 1.24. The first-order valence-electron chi connectivity index (χ1n) is 10.8. The van der Waals surface area contributed by atoms with Crippen LogP contribution in [0.15, 0.2) is 30.9 Å². The average Bonchev–Trinajstić information content (AvgIpc) is 3.22. The molecule has 0 aliphatic carbocycles. The lowest BCUT2D eigenvalue weighted by atomic mass is 9.96. The SMILES string of the molecule is CC.COc1cc2ncc(-c3cncc(NC4CCCNC4)n3)n2cc1C(C)(O)C(F)(F)F. The minimum Gasteiger partial charge on any atom is -0.496 e. The van der Waals surface area contributed by atoms with Gasteiger partial charge in [-0.25, -0.2) is 9.97 Å². The van der Waals surface area contributed by atoms with Crippen LogP contribution in [0.1, 0.15) is 39.2 Å². The second-order valence-electron chi connectivity index (χ2n) is 7.67. The van der Waals surface area contributed by atoms with E-state index in [1.54, 1.807) is 6.20 Å². The fraction of sp³-hybridized carbons (Fsp3) is 0.500. The molecule has 2 atom stereocenters. The molecule has 2 unspecified atom stereocenters. The van der Waals surface area contributed by atoms with Gasteiger partial charge >= 0.3 is 6.18 Å². The zero-order valence-corrected chi connectivity index (χ0v) is 19.1. The number of rotatable bonds is 5. The van der Waals surface area contributed by atoms with Crippen LogP contribution in [-0.4, -0.2) is 56.9 Å². The standard InChI is InChI=1S/C20H23F3N6O2.C2H6/c1-19(30,20(21,22)23)13-11-29-15(9-26-18(29)6-16(13)31-2)14-8-25-10-17(28-14)27-12-4-3-5-24-7-12;1-2/h6,8-12,24,30H,3-5,7H2,1-2H3,(H,27,28);1-2H3. The molecular weight excluding hydrogens is 437 g/mol. The van der Waals surface area contributed by atoms with Gasteiger partial charge in [0.1, 0.15) is 22.9 Å². The molecule has 8 nitrogen and oxygen atoms in total. The van der Waals surface area contributed by atoms with Gasteiger partial charge in [-0.3, -0.25) is 9.38 Å². The van der Waals surface area contributed by atoms with Crippen molar-refractivity contribution in [3.05, 3.63) is 36.4 Å². The number of pyridine rings is 1. The van der Waals surface area contributed by atoms with Gasteiger partial charge < -0.3 is 20.5 Å². The van der Waals surface area contributed by atoms with Gasteiger partial charge in [0.15, 0.2) is 5.60 Å². The van der Waals surface area contributed by atoms with E-state index in [1.807, 2.05) is 13.8 Å². The predicted octanol–water partition coefficient (Wildman–Crippen LogP) is 3.76. The van der Waals surface area contributed by atoms with Gasteiger partial charge in [-0.15, -0.1) is 0 Å². The summed E-state index contributed by atoms with van der Waals surface area (Å²) in [6.45, 7) is 6.49. The molecule has 0 spiro atoms. The number of anilines is 1. The van der Waals surface area contributed by atoms with Gasteiger partial charge in [-0.05, 0) is 26.3 Å². The Morgan fingerprint density at radius 1 is 1.24 bits per heavy atom. The molecule has 3 aromatic heterocycles. The molecule has 33 heavy (non-hydrogen) atoms. The first-order chi connectivity index (χ1) is 15.7. The minimum atomic E-state index is -4.90. The third-order valence-corrected chi connectivity index (χ3v) is 5.45. The zero-order chi connectivity index (χ0) is 24.2. The van der Waals surface area contributed by atoms with Crippen LogP contribution in [0.5, 0.6) is 5.75 Å². The van der Waals surface area contributed by atoms with Crippen molar-refractivity contribution in [1.82, 2.24) is 24.7 Å². The number of aliphatic hydroxyl groups is 1. The third-order valence-electron chi connectivity index (χ3n) is 5.45. The van der Waals surface area contributed by atoms with Crippen LogP contribution < -0.4 is 15.4 Å². The Bertz CT molecular complexity index is 1080. The fourth-order valence-corrected chi connectivity index (χ4v) is 3.63. The molecule has 0 radical (unpaired) electrons. The van der Waals surface area contributed by atoms with E-state index in [2.05, 4.69) is 25.6 Å².